The lowest BCUT2D eigenvalue weighted by Gasteiger charge is -2.09. The van der Waals surface area contributed by atoms with E-state index >= 15 is 0 Å². The molecule has 2 rings (SSSR count). The van der Waals surface area contributed by atoms with Gasteiger partial charge in [-0.2, -0.15) is 13.2 Å². The Morgan fingerprint density at radius 3 is 2.30 bits per heavy atom. The van der Waals surface area contributed by atoms with Crippen LogP contribution in [-0.4, -0.2) is 24.3 Å². The molecule has 0 aliphatic heterocycles. The minimum absolute atomic E-state index is 0.113. The van der Waals surface area contributed by atoms with Crippen LogP contribution in [-0.2, 0) is 15.7 Å². The summed E-state index contributed by atoms with van der Waals surface area (Å²) in [6.07, 6.45) is -1.38. The fourth-order valence-electron chi connectivity index (χ4n) is 2.62. The first-order chi connectivity index (χ1) is 14.2. The predicted molar refractivity (Wildman–Crippen MR) is 105 cm³/mol. The summed E-state index contributed by atoms with van der Waals surface area (Å²) in [6, 6.07) is 9.84. The zero-order chi connectivity index (χ0) is 22.1. The van der Waals surface area contributed by atoms with E-state index < -0.39 is 30.1 Å². The second-order valence-electron chi connectivity index (χ2n) is 6.66. The minimum atomic E-state index is -4.58. The number of nitrogens with one attached hydrogen (secondary N) is 1. The molecule has 0 unspecified atom stereocenters. The zero-order valence-electron chi connectivity index (χ0n) is 16.4. The maximum absolute atomic E-state index is 12.7. The van der Waals surface area contributed by atoms with Gasteiger partial charge in [0.1, 0.15) is 0 Å². The average Bonchev–Trinajstić information content (AvgIpc) is 2.72. The van der Waals surface area contributed by atoms with Crippen LogP contribution in [0.4, 0.5) is 18.9 Å². The van der Waals surface area contributed by atoms with Crippen molar-refractivity contribution in [3.05, 3.63) is 65.2 Å². The second-order valence-corrected chi connectivity index (χ2v) is 6.66. The molecule has 0 heterocycles. The van der Waals surface area contributed by atoms with E-state index in [1.807, 2.05) is 6.92 Å². The number of halogens is 3. The highest BCUT2D eigenvalue weighted by Gasteiger charge is 2.31. The van der Waals surface area contributed by atoms with Gasteiger partial charge in [-0.05, 0) is 48.9 Å². The van der Waals surface area contributed by atoms with Crippen molar-refractivity contribution in [2.45, 2.75) is 38.8 Å². The number of carbonyl (C=O) groups excluding carboxylic acids is 3. The molecule has 0 aliphatic rings. The monoisotopic (exact) mass is 421 g/mol. The Bertz CT molecular complexity index is 892. The van der Waals surface area contributed by atoms with Crippen molar-refractivity contribution >= 4 is 23.3 Å². The third kappa shape index (κ3) is 7.02. The van der Waals surface area contributed by atoms with E-state index in [1.165, 1.54) is 18.2 Å². The lowest BCUT2D eigenvalue weighted by atomic mass is 10.1. The first-order valence-corrected chi connectivity index (χ1v) is 9.48. The van der Waals surface area contributed by atoms with Gasteiger partial charge in [0, 0.05) is 17.7 Å². The van der Waals surface area contributed by atoms with Gasteiger partial charge in [0.15, 0.2) is 12.4 Å². The summed E-state index contributed by atoms with van der Waals surface area (Å²) in [6.45, 7) is 1.43. The maximum atomic E-state index is 12.7. The number of carbonyl (C=O) groups is 3. The molecule has 0 saturated heterocycles. The van der Waals surface area contributed by atoms with Gasteiger partial charge in [-0.3, -0.25) is 9.59 Å². The van der Waals surface area contributed by atoms with Crippen molar-refractivity contribution in [2.24, 2.45) is 0 Å². The third-order valence-electron chi connectivity index (χ3n) is 4.26. The summed E-state index contributed by atoms with van der Waals surface area (Å²) < 4.78 is 43.0. The molecule has 2 aromatic rings. The Labute approximate surface area is 172 Å². The standard InChI is InChI=1S/C22H22F3NO4/c1-2-3-4-8-20(28)26-18-11-9-15(10-12-18)19(27)14-30-21(29)16-6-5-7-17(13-16)22(23,24)25/h5-7,9-13H,2-4,8,14H2,1H3,(H,26,28). The Hall–Kier alpha value is -3.16. The molecule has 0 atom stereocenters. The summed E-state index contributed by atoms with van der Waals surface area (Å²) in [4.78, 5) is 35.9. The van der Waals surface area contributed by atoms with Crippen LogP contribution in [0.1, 0.15) is 58.9 Å². The van der Waals surface area contributed by atoms with Crippen molar-refractivity contribution in [2.75, 3.05) is 11.9 Å². The van der Waals surface area contributed by atoms with Gasteiger partial charge >= 0.3 is 12.1 Å². The van der Waals surface area contributed by atoms with E-state index in [0.717, 1.165) is 31.4 Å². The molecule has 2 aromatic carbocycles. The molecule has 0 radical (unpaired) electrons. The highest BCUT2D eigenvalue weighted by atomic mass is 19.4. The number of unbranched alkanes of at least 4 members (excludes halogenated alkanes) is 2. The van der Waals surface area contributed by atoms with E-state index in [-0.39, 0.29) is 17.0 Å². The summed E-state index contributed by atoms with van der Waals surface area (Å²) in [5.74, 6) is -1.65. The van der Waals surface area contributed by atoms with Crippen molar-refractivity contribution in [3.8, 4) is 0 Å². The molecule has 0 aliphatic carbocycles. The lowest BCUT2D eigenvalue weighted by Crippen LogP contribution is -2.15. The Morgan fingerprint density at radius 2 is 1.67 bits per heavy atom. The first-order valence-electron chi connectivity index (χ1n) is 9.48. The molecule has 8 heteroatoms. The maximum Gasteiger partial charge on any atom is 0.416 e. The van der Waals surface area contributed by atoms with Crippen molar-refractivity contribution < 1.29 is 32.3 Å². The fraction of sp³-hybridized carbons (Fsp3) is 0.318. The molecule has 0 bridgehead atoms. The van der Waals surface area contributed by atoms with Gasteiger partial charge in [-0.25, -0.2) is 4.79 Å². The number of alkyl halides is 3. The summed E-state index contributed by atoms with van der Waals surface area (Å²) in [5, 5.41) is 2.73. The lowest BCUT2D eigenvalue weighted by molar-refractivity contribution is -0.137. The Morgan fingerprint density at radius 1 is 0.967 bits per heavy atom. The molecule has 5 nitrogen and oxygen atoms in total. The van der Waals surface area contributed by atoms with Crippen molar-refractivity contribution in [3.63, 3.8) is 0 Å². The Balaban J connectivity index is 1.89. The van der Waals surface area contributed by atoms with Gasteiger partial charge < -0.3 is 10.1 Å². The van der Waals surface area contributed by atoms with Crippen molar-refractivity contribution in [1.29, 1.82) is 0 Å². The van der Waals surface area contributed by atoms with Gasteiger partial charge in [0.05, 0.1) is 11.1 Å². The zero-order valence-corrected chi connectivity index (χ0v) is 16.4. The topological polar surface area (TPSA) is 72.5 Å². The highest BCUT2D eigenvalue weighted by Crippen LogP contribution is 2.29. The third-order valence-corrected chi connectivity index (χ3v) is 4.26. The average molecular weight is 421 g/mol. The van der Waals surface area contributed by atoms with Gasteiger partial charge in [-0.1, -0.05) is 25.8 Å². The van der Waals surface area contributed by atoms with E-state index in [4.69, 9.17) is 4.74 Å². The molecule has 160 valence electrons. The van der Waals surface area contributed by atoms with Gasteiger partial charge in [-0.15, -0.1) is 0 Å². The first kappa shape index (κ1) is 23.1. The second kappa shape index (κ2) is 10.6. The molecule has 1 N–H and O–H groups in total. The molecular formula is C22H22F3NO4. The molecular weight excluding hydrogens is 399 g/mol. The quantitative estimate of drug-likeness (QED) is 0.340. The van der Waals surface area contributed by atoms with Crippen LogP contribution in [0.3, 0.4) is 0 Å². The number of ether oxygens (including phenoxy) is 1. The van der Waals surface area contributed by atoms with E-state index in [9.17, 15) is 27.6 Å². The predicted octanol–water partition coefficient (Wildman–Crippen LogP) is 5.26. The number of Topliss-reactive ketones (excluding diaryl/α,β-unsaturated/α-hetero) is 1. The van der Waals surface area contributed by atoms with Crippen LogP contribution >= 0.6 is 0 Å². The summed E-state index contributed by atoms with van der Waals surface area (Å²) >= 11 is 0. The molecule has 0 spiro atoms. The number of ketones is 1. The minimum Gasteiger partial charge on any atom is -0.454 e. The number of hydrogen-bond donors (Lipinski definition) is 1. The highest BCUT2D eigenvalue weighted by molar-refractivity contribution is 6.00. The van der Waals surface area contributed by atoms with E-state index in [1.54, 1.807) is 12.1 Å². The van der Waals surface area contributed by atoms with Gasteiger partial charge in [0.2, 0.25) is 5.91 Å². The molecule has 0 aromatic heterocycles. The summed E-state index contributed by atoms with van der Waals surface area (Å²) in [5.41, 5.74) is -0.487. The smallest absolute Gasteiger partial charge is 0.416 e. The molecule has 1 amide bonds. The summed E-state index contributed by atoms with van der Waals surface area (Å²) in [7, 11) is 0. The van der Waals surface area contributed by atoms with Crippen LogP contribution in [0, 0.1) is 0 Å². The molecule has 0 fully saturated rings. The van der Waals surface area contributed by atoms with Crippen LogP contribution < -0.4 is 5.32 Å². The fourth-order valence-corrected chi connectivity index (χ4v) is 2.62. The number of esters is 1. The van der Waals surface area contributed by atoms with Crippen LogP contribution in [0.2, 0.25) is 0 Å². The van der Waals surface area contributed by atoms with Gasteiger partial charge in [0.25, 0.3) is 0 Å². The normalized spacial score (nSPS) is 11.1. The number of hydrogen-bond acceptors (Lipinski definition) is 4. The number of amides is 1. The molecule has 30 heavy (non-hydrogen) atoms. The number of anilines is 1. The van der Waals surface area contributed by atoms with Crippen LogP contribution in [0.5, 0.6) is 0 Å². The van der Waals surface area contributed by atoms with Crippen LogP contribution in [0.15, 0.2) is 48.5 Å². The number of rotatable bonds is 9. The SMILES string of the molecule is CCCCCC(=O)Nc1ccc(C(=O)COC(=O)c2cccc(C(F)(F)F)c2)cc1. The van der Waals surface area contributed by atoms with E-state index in [0.29, 0.717) is 18.2 Å². The van der Waals surface area contributed by atoms with Crippen molar-refractivity contribution in [1.82, 2.24) is 0 Å². The van der Waals surface area contributed by atoms with E-state index in [2.05, 4.69) is 5.32 Å². The Kier molecular flexibility index (Phi) is 8.15. The molecule has 0 saturated carbocycles. The van der Waals surface area contributed by atoms with Crippen LogP contribution in [0.25, 0.3) is 0 Å². The number of benzene rings is 2. The largest absolute Gasteiger partial charge is 0.454 e.